The number of hydrogen-bond acceptors (Lipinski definition) is 3. The van der Waals surface area contributed by atoms with E-state index in [1.807, 2.05) is 22.6 Å². The zero-order chi connectivity index (χ0) is 12.3. The van der Waals surface area contributed by atoms with Crippen molar-refractivity contribution in [3.8, 4) is 5.75 Å². The van der Waals surface area contributed by atoms with Crippen LogP contribution in [-0.2, 0) is 11.2 Å². The van der Waals surface area contributed by atoms with Crippen LogP contribution in [0.15, 0.2) is 18.2 Å². The Bertz CT molecular complexity index is 408. The quantitative estimate of drug-likeness (QED) is 0.732. The van der Waals surface area contributed by atoms with E-state index in [0.717, 1.165) is 9.13 Å². The molecule has 0 aliphatic carbocycles. The summed E-state index contributed by atoms with van der Waals surface area (Å²) in [6.45, 7) is 1.74. The van der Waals surface area contributed by atoms with E-state index in [9.17, 15) is 9.90 Å². The van der Waals surface area contributed by atoms with Crippen molar-refractivity contribution in [2.45, 2.75) is 25.3 Å². The molecule has 88 valence electrons. The van der Waals surface area contributed by atoms with E-state index >= 15 is 0 Å². The van der Waals surface area contributed by atoms with Crippen LogP contribution >= 0.6 is 22.6 Å². The molecule has 5 heteroatoms. The Morgan fingerprint density at radius 3 is 2.62 bits per heavy atom. The number of hydrogen-bond donors (Lipinski definition) is 3. The van der Waals surface area contributed by atoms with Crippen molar-refractivity contribution in [3.05, 3.63) is 27.3 Å². The van der Waals surface area contributed by atoms with E-state index in [2.05, 4.69) is 0 Å². The molecule has 0 saturated carbocycles. The number of carboxylic acids is 1. The Hall–Kier alpha value is -0.820. The van der Waals surface area contributed by atoms with Crippen LogP contribution in [-0.4, -0.2) is 21.7 Å². The van der Waals surface area contributed by atoms with Crippen molar-refractivity contribution in [2.24, 2.45) is 5.73 Å². The molecule has 1 atom stereocenters. The minimum absolute atomic E-state index is 0.155. The smallest absolute Gasteiger partial charge is 0.324 e. The second-order valence-electron chi connectivity index (χ2n) is 3.78. The number of phenolic OH excluding ortho intramolecular Hbond substituents is 1. The van der Waals surface area contributed by atoms with Crippen molar-refractivity contribution in [1.29, 1.82) is 0 Å². The minimum atomic E-state index is -1.26. The first kappa shape index (κ1) is 13.2. The highest BCUT2D eigenvalue weighted by Crippen LogP contribution is 2.23. The average molecular weight is 335 g/mol. The van der Waals surface area contributed by atoms with E-state index in [0.29, 0.717) is 6.42 Å². The van der Waals surface area contributed by atoms with Crippen molar-refractivity contribution in [2.75, 3.05) is 0 Å². The molecule has 1 rings (SSSR count). The lowest BCUT2D eigenvalue weighted by Gasteiger charge is -2.23. The fraction of sp³-hybridized carbons (Fsp3) is 0.364. The third-order valence-corrected chi connectivity index (χ3v) is 3.50. The van der Waals surface area contributed by atoms with Gasteiger partial charge in [0.25, 0.3) is 0 Å². The number of aliphatic carboxylic acids is 1. The lowest BCUT2D eigenvalue weighted by Crippen LogP contribution is -2.49. The van der Waals surface area contributed by atoms with Crippen molar-refractivity contribution < 1.29 is 15.0 Å². The number of rotatable bonds is 4. The Balaban J connectivity index is 2.95. The summed E-state index contributed by atoms with van der Waals surface area (Å²) in [4.78, 5) is 11.0. The van der Waals surface area contributed by atoms with Crippen molar-refractivity contribution in [1.82, 2.24) is 0 Å². The van der Waals surface area contributed by atoms with Gasteiger partial charge in [-0.15, -0.1) is 0 Å². The number of carboxylic acid groups (broad SMARTS) is 1. The SMILES string of the molecule is CC[C@@](N)(Cc1ccc(I)c(O)c1)C(=O)O. The molecule has 0 spiro atoms. The average Bonchev–Trinajstić information content (AvgIpc) is 2.23. The number of phenols is 1. The largest absolute Gasteiger partial charge is 0.507 e. The summed E-state index contributed by atoms with van der Waals surface area (Å²) in [7, 11) is 0. The van der Waals surface area contributed by atoms with Crippen LogP contribution in [0, 0.1) is 3.57 Å². The molecule has 0 unspecified atom stereocenters. The molecule has 0 aliphatic heterocycles. The van der Waals surface area contributed by atoms with Crippen LogP contribution in [0.3, 0.4) is 0 Å². The third-order valence-electron chi connectivity index (χ3n) is 2.59. The normalized spacial score (nSPS) is 14.4. The van der Waals surface area contributed by atoms with E-state index in [1.165, 1.54) is 0 Å². The number of benzene rings is 1. The summed E-state index contributed by atoms with van der Waals surface area (Å²) in [5, 5.41) is 18.5. The van der Waals surface area contributed by atoms with Crippen LogP contribution in [0.4, 0.5) is 0 Å². The molecule has 0 fully saturated rings. The highest BCUT2D eigenvalue weighted by molar-refractivity contribution is 14.1. The highest BCUT2D eigenvalue weighted by Gasteiger charge is 2.32. The maximum atomic E-state index is 11.0. The Kier molecular flexibility index (Phi) is 4.15. The van der Waals surface area contributed by atoms with Crippen LogP contribution in [0.25, 0.3) is 0 Å². The van der Waals surface area contributed by atoms with Gasteiger partial charge >= 0.3 is 5.97 Å². The van der Waals surface area contributed by atoms with Gasteiger partial charge in [0.15, 0.2) is 0 Å². The first-order chi connectivity index (χ1) is 7.39. The minimum Gasteiger partial charge on any atom is -0.507 e. The zero-order valence-corrected chi connectivity index (χ0v) is 11.1. The standard InChI is InChI=1S/C11H14INO3/c1-2-11(13,10(15)16)6-7-3-4-8(12)9(14)5-7/h3-5,14H,2,6,13H2,1H3,(H,15,16)/t11-/m1/s1. The molecule has 0 amide bonds. The fourth-order valence-electron chi connectivity index (χ4n) is 1.38. The van der Waals surface area contributed by atoms with Gasteiger partial charge in [-0.05, 0) is 46.7 Å². The zero-order valence-electron chi connectivity index (χ0n) is 8.90. The highest BCUT2D eigenvalue weighted by atomic mass is 127. The molecule has 1 aromatic rings. The predicted molar refractivity (Wildman–Crippen MR) is 69.4 cm³/mol. The van der Waals surface area contributed by atoms with Crippen LogP contribution < -0.4 is 5.73 Å². The summed E-state index contributed by atoms with van der Waals surface area (Å²) in [5.74, 6) is -0.866. The van der Waals surface area contributed by atoms with Gasteiger partial charge in [0, 0.05) is 6.42 Å². The van der Waals surface area contributed by atoms with E-state index in [1.54, 1.807) is 25.1 Å². The molecule has 0 saturated heterocycles. The Morgan fingerprint density at radius 1 is 1.56 bits per heavy atom. The summed E-state index contributed by atoms with van der Waals surface area (Å²) >= 11 is 2.00. The number of nitrogens with two attached hydrogens (primary N) is 1. The van der Waals surface area contributed by atoms with Crippen LogP contribution in [0.2, 0.25) is 0 Å². The second kappa shape index (κ2) is 5.01. The first-order valence-corrected chi connectivity index (χ1v) is 5.96. The molecule has 4 nitrogen and oxygen atoms in total. The molecule has 0 radical (unpaired) electrons. The number of aromatic hydroxyl groups is 1. The molecule has 0 aliphatic rings. The number of carbonyl (C=O) groups is 1. The van der Waals surface area contributed by atoms with E-state index in [-0.39, 0.29) is 12.2 Å². The van der Waals surface area contributed by atoms with Crippen molar-refractivity contribution >= 4 is 28.6 Å². The van der Waals surface area contributed by atoms with Crippen molar-refractivity contribution in [3.63, 3.8) is 0 Å². The molecule has 0 aromatic heterocycles. The Morgan fingerprint density at radius 2 is 2.19 bits per heavy atom. The maximum absolute atomic E-state index is 11.0. The van der Waals surface area contributed by atoms with Gasteiger partial charge in [0.2, 0.25) is 0 Å². The lowest BCUT2D eigenvalue weighted by atomic mass is 9.89. The lowest BCUT2D eigenvalue weighted by molar-refractivity contribution is -0.143. The molecule has 0 heterocycles. The van der Waals surface area contributed by atoms with Crippen LogP contribution in [0.1, 0.15) is 18.9 Å². The molecular weight excluding hydrogens is 321 g/mol. The third kappa shape index (κ3) is 2.85. The molecule has 1 aromatic carbocycles. The summed E-state index contributed by atoms with van der Waals surface area (Å²) in [5.41, 5.74) is 5.24. The first-order valence-electron chi connectivity index (χ1n) is 4.88. The van der Waals surface area contributed by atoms with Gasteiger partial charge in [0.05, 0.1) is 3.57 Å². The van der Waals surface area contributed by atoms with Gasteiger partial charge in [-0.3, -0.25) is 4.79 Å². The van der Waals surface area contributed by atoms with Gasteiger partial charge in [0.1, 0.15) is 11.3 Å². The van der Waals surface area contributed by atoms with Gasteiger partial charge in [-0.1, -0.05) is 13.0 Å². The van der Waals surface area contributed by atoms with Gasteiger partial charge < -0.3 is 15.9 Å². The topological polar surface area (TPSA) is 83.5 Å². The van der Waals surface area contributed by atoms with E-state index in [4.69, 9.17) is 10.8 Å². The Labute approximate surface area is 108 Å². The molecule has 16 heavy (non-hydrogen) atoms. The van der Waals surface area contributed by atoms with E-state index < -0.39 is 11.5 Å². The van der Waals surface area contributed by atoms with Crippen LogP contribution in [0.5, 0.6) is 5.75 Å². The summed E-state index contributed by atoms with van der Waals surface area (Å²) in [6.07, 6.45) is 0.554. The van der Waals surface area contributed by atoms with Gasteiger partial charge in [-0.25, -0.2) is 0 Å². The monoisotopic (exact) mass is 335 g/mol. The summed E-state index contributed by atoms with van der Waals surface area (Å²) in [6, 6.07) is 5.08. The number of halogens is 1. The predicted octanol–water partition coefficient (Wildman–Crippen LogP) is 1.73. The molecular formula is C11H14INO3. The maximum Gasteiger partial charge on any atom is 0.324 e. The molecule has 4 N–H and O–H groups in total. The molecule has 0 bridgehead atoms. The fourth-order valence-corrected chi connectivity index (χ4v) is 1.72. The second-order valence-corrected chi connectivity index (χ2v) is 4.94. The summed E-state index contributed by atoms with van der Waals surface area (Å²) < 4.78 is 0.732. The van der Waals surface area contributed by atoms with Gasteiger partial charge in [-0.2, -0.15) is 0 Å².